The molecule has 0 aliphatic carbocycles. The van der Waals surface area contributed by atoms with Gasteiger partial charge in [0.15, 0.2) is 0 Å². The smallest absolute Gasteiger partial charge is 0.292 e. The second-order valence-electron chi connectivity index (χ2n) is 5.19. The van der Waals surface area contributed by atoms with Crippen LogP contribution in [0.25, 0.3) is 0 Å². The SMILES string of the molecule is Cc1cc(C(C)c2ccc(OC#N)c(C)c2)ccc1N=C=O. The number of carbonyl (C=O) groups excluding carboxylic acids is 1. The molecule has 4 heteroatoms. The van der Waals surface area contributed by atoms with Gasteiger partial charge < -0.3 is 4.74 Å². The molecule has 2 rings (SSSR count). The molecule has 2 aromatic carbocycles. The molecule has 0 amide bonds. The molecule has 0 aliphatic heterocycles. The van der Waals surface area contributed by atoms with E-state index in [0.717, 1.165) is 22.3 Å². The van der Waals surface area contributed by atoms with E-state index in [2.05, 4.69) is 11.9 Å². The van der Waals surface area contributed by atoms with E-state index in [-0.39, 0.29) is 5.92 Å². The lowest BCUT2D eigenvalue weighted by molar-refractivity contribution is 0.502. The standard InChI is InChI=1S/C18H16N2O2/c1-12-8-15(4-6-17(12)20-11-21)14(3)16-5-7-18(22-10-19)13(2)9-16/h4-9,14H,1-3H3. The summed E-state index contributed by atoms with van der Waals surface area (Å²) >= 11 is 0. The minimum absolute atomic E-state index is 0.183. The summed E-state index contributed by atoms with van der Waals surface area (Å²) in [6, 6.07) is 11.6. The van der Waals surface area contributed by atoms with Gasteiger partial charge in [-0.25, -0.2) is 4.79 Å². The predicted molar refractivity (Wildman–Crippen MR) is 83.9 cm³/mol. The van der Waals surface area contributed by atoms with Crippen molar-refractivity contribution >= 4 is 11.8 Å². The first kappa shape index (κ1) is 15.5. The predicted octanol–water partition coefficient (Wildman–Crippen LogP) is 4.28. The van der Waals surface area contributed by atoms with E-state index < -0.39 is 0 Å². The van der Waals surface area contributed by atoms with Crippen molar-refractivity contribution in [2.45, 2.75) is 26.7 Å². The van der Waals surface area contributed by atoms with E-state index >= 15 is 0 Å². The highest BCUT2D eigenvalue weighted by molar-refractivity contribution is 5.55. The summed E-state index contributed by atoms with van der Waals surface area (Å²) in [7, 11) is 0. The van der Waals surface area contributed by atoms with Crippen molar-refractivity contribution < 1.29 is 9.53 Å². The van der Waals surface area contributed by atoms with Crippen LogP contribution in [0, 0.1) is 25.4 Å². The molecule has 2 aromatic rings. The van der Waals surface area contributed by atoms with Crippen LogP contribution < -0.4 is 4.74 Å². The number of aliphatic imine (C=N–C) groups is 1. The molecule has 0 heterocycles. The van der Waals surface area contributed by atoms with Gasteiger partial charge in [0.1, 0.15) is 5.75 Å². The maximum atomic E-state index is 10.4. The van der Waals surface area contributed by atoms with E-state index in [9.17, 15) is 4.79 Å². The normalized spacial score (nSPS) is 11.2. The number of aryl methyl sites for hydroxylation is 2. The van der Waals surface area contributed by atoms with Crippen molar-refractivity contribution in [3.05, 3.63) is 58.7 Å². The Hall–Kier alpha value is -2.89. The molecule has 0 spiro atoms. The van der Waals surface area contributed by atoms with Gasteiger partial charge in [0, 0.05) is 5.92 Å². The molecule has 0 radical (unpaired) electrons. The molecule has 1 atom stereocenters. The molecule has 0 saturated carbocycles. The van der Waals surface area contributed by atoms with Crippen LogP contribution in [0.3, 0.4) is 0 Å². The molecule has 0 fully saturated rings. The maximum absolute atomic E-state index is 10.4. The largest absolute Gasteiger partial charge is 0.388 e. The van der Waals surface area contributed by atoms with Crippen molar-refractivity contribution in [2.24, 2.45) is 4.99 Å². The van der Waals surface area contributed by atoms with E-state index in [4.69, 9.17) is 10.00 Å². The van der Waals surface area contributed by atoms with Crippen molar-refractivity contribution in [3.63, 3.8) is 0 Å². The Morgan fingerprint density at radius 2 is 1.73 bits per heavy atom. The van der Waals surface area contributed by atoms with E-state index in [1.165, 1.54) is 0 Å². The summed E-state index contributed by atoms with van der Waals surface area (Å²) in [5, 5.41) is 8.59. The fraction of sp³-hybridized carbons (Fsp3) is 0.222. The number of nitriles is 1. The van der Waals surface area contributed by atoms with Gasteiger partial charge in [0.25, 0.3) is 6.26 Å². The summed E-state index contributed by atoms with van der Waals surface area (Å²) in [5.41, 5.74) is 4.77. The first-order valence-corrected chi connectivity index (χ1v) is 6.91. The summed E-state index contributed by atoms with van der Waals surface area (Å²) in [6.07, 6.45) is 3.25. The van der Waals surface area contributed by atoms with Crippen LogP contribution >= 0.6 is 0 Å². The molecule has 0 N–H and O–H groups in total. The molecule has 0 bridgehead atoms. The van der Waals surface area contributed by atoms with Gasteiger partial charge in [-0.3, -0.25) is 0 Å². The molecule has 110 valence electrons. The fourth-order valence-corrected chi connectivity index (χ4v) is 2.42. The van der Waals surface area contributed by atoms with Crippen LogP contribution in [-0.4, -0.2) is 6.08 Å². The second kappa shape index (κ2) is 6.71. The lowest BCUT2D eigenvalue weighted by Crippen LogP contribution is -1.98. The van der Waals surface area contributed by atoms with Gasteiger partial charge >= 0.3 is 0 Å². The summed E-state index contributed by atoms with van der Waals surface area (Å²) < 4.78 is 4.90. The van der Waals surface area contributed by atoms with Crippen LogP contribution in [0.4, 0.5) is 5.69 Å². The lowest BCUT2D eigenvalue weighted by Gasteiger charge is -2.15. The van der Waals surface area contributed by atoms with E-state index in [0.29, 0.717) is 11.4 Å². The topological polar surface area (TPSA) is 62.4 Å². The Morgan fingerprint density at radius 3 is 2.27 bits per heavy atom. The van der Waals surface area contributed by atoms with Crippen molar-refractivity contribution in [3.8, 4) is 12.0 Å². The first-order valence-electron chi connectivity index (χ1n) is 6.91. The third kappa shape index (κ3) is 3.22. The summed E-state index contributed by atoms with van der Waals surface area (Å²) in [6.45, 7) is 5.94. The first-order chi connectivity index (χ1) is 10.6. The Bertz CT molecular complexity index is 784. The Morgan fingerprint density at radius 1 is 1.09 bits per heavy atom. The van der Waals surface area contributed by atoms with Crippen molar-refractivity contribution in [2.75, 3.05) is 0 Å². The summed E-state index contributed by atoms with van der Waals surface area (Å²) in [4.78, 5) is 14.0. The number of rotatable bonds is 4. The van der Waals surface area contributed by atoms with Crippen molar-refractivity contribution in [1.82, 2.24) is 0 Å². The maximum Gasteiger partial charge on any atom is 0.292 e. The second-order valence-corrected chi connectivity index (χ2v) is 5.19. The van der Waals surface area contributed by atoms with Gasteiger partial charge in [0.05, 0.1) is 5.69 Å². The average molecular weight is 292 g/mol. The van der Waals surface area contributed by atoms with Gasteiger partial charge in [-0.1, -0.05) is 31.2 Å². The van der Waals surface area contributed by atoms with Gasteiger partial charge in [-0.05, 0) is 48.2 Å². The molecule has 1 unspecified atom stereocenters. The number of benzene rings is 2. The number of hydrogen-bond acceptors (Lipinski definition) is 4. The lowest BCUT2D eigenvalue weighted by atomic mass is 9.91. The Labute approximate surface area is 129 Å². The molecule has 0 aromatic heterocycles. The monoisotopic (exact) mass is 292 g/mol. The Balaban J connectivity index is 2.34. The van der Waals surface area contributed by atoms with E-state index in [1.807, 2.05) is 50.2 Å². The zero-order valence-corrected chi connectivity index (χ0v) is 12.8. The van der Waals surface area contributed by atoms with Crippen LogP contribution in [0.2, 0.25) is 0 Å². The van der Waals surface area contributed by atoms with E-state index in [1.54, 1.807) is 12.3 Å². The average Bonchev–Trinajstić information content (AvgIpc) is 2.51. The van der Waals surface area contributed by atoms with Crippen LogP contribution in [0.15, 0.2) is 41.4 Å². The molecular weight excluding hydrogens is 276 g/mol. The number of isocyanates is 1. The quantitative estimate of drug-likeness (QED) is 0.480. The highest BCUT2D eigenvalue weighted by Gasteiger charge is 2.12. The van der Waals surface area contributed by atoms with Gasteiger partial charge in [-0.15, -0.1) is 5.26 Å². The number of nitrogens with zero attached hydrogens (tertiary/aromatic N) is 2. The molecular formula is C18H16N2O2. The third-order valence-electron chi connectivity index (χ3n) is 3.74. The van der Waals surface area contributed by atoms with Crippen LogP contribution in [-0.2, 0) is 4.79 Å². The van der Waals surface area contributed by atoms with Gasteiger partial charge in [0.2, 0.25) is 6.08 Å². The zero-order chi connectivity index (χ0) is 16.1. The minimum atomic E-state index is 0.183. The van der Waals surface area contributed by atoms with Crippen LogP contribution in [0.5, 0.6) is 5.75 Å². The fourth-order valence-electron chi connectivity index (χ4n) is 2.42. The molecule has 22 heavy (non-hydrogen) atoms. The molecule has 0 aliphatic rings. The van der Waals surface area contributed by atoms with Crippen molar-refractivity contribution in [1.29, 1.82) is 5.26 Å². The Kier molecular flexibility index (Phi) is 4.73. The summed E-state index contributed by atoms with van der Waals surface area (Å²) in [5.74, 6) is 0.757. The highest BCUT2D eigenvalue weighted by Crippen LogP contribution is 2.30. The zero-order valence-electron chi connectivity index (χ0n) is 12.8. The minimum Gasteiger partial charge on any atom is -0.388 e. The molecule has 4 nitrogen and oxygen atoms in total. The number of hydrogen-bond donors (Lipinski definition) is 0. The highest BCUT2D eigenvalue weighted by atomic mass is 16.5. The molecule has 0 saturated heterocycles. The third-order valence-corrected chi connectivity index (χ3v) is 3.74. The number of ether oxygens (including phenoxy) is 1. The van der Waals surface area contributed by atoms with Gasteiger partial charge in [-0.2, -0.15) is 4.99 Å². The van der Waals surface area contributed by atoms with Crippen LogP contribution in [0.1, 0.15) is 35.1 Å².